The second-order valence-corrected chi connectivity index (χ2v) is 9.38. The Kier molecular flexibility index (Phi) is 15.1. The third-order valence-corrected chi connectivity index (χ3v) is 7.60. The minimum Gasteiger partial charge on any atom is -0.0910 e. The van der Waals surface area contributed by atoms with Gasteiger partial charge in [0.15, 0.2) is 0 Å². The van der Waals surface area contributed by atoms with Crippen LogP contribution in [0.2, 0.25) is 0 Å². The molecule has 0 saturated heterocycles. The Morgan fingerprint density at radius 3 is 1.75 bits per heavy atom. The van der Waals surface area contributed by atoms with Crippen molar-refractivity contribution in [1.29, 1.82) is 0 Å². The van der Waals surface area contributed by atoms with Crippen molar-refractivity contribution in [3.05, 3.63) is 0 Å². The fraction of sp³-hybridized carbons (Fsp3) is 1.00. The molecule has 0 amide bonds. The van der Waals surface area contributed by atoms with Crippen LogP contribution >= 0.6 is 21.6 Å². The number of hydrogen-bond acceptors (Lipinski definition) is 2. The van der Waals surface area contributed by atoms with Gasteiger partial charge < -0.3 is 0 Å². The highest BCUT2D eigenvalue weighted by molar-refractivity contribution is 8.77. The Hall–Kier alpha value is 0.700. The average Bonchev–Trinajstić information content (AvgIpc) is 2.43. The predicted molar refractivity (Wildman–Crippen MR) is 101 cm³/mol. The minimum absolute atomic E-state index is 0.755. The normalized spacial score (nSPS) is 14.7. The Labute approximate surface area is 137 Å². The molecule has 0 aromatic carbocycles. The van der Waals surface area contributed by atoms with Crippen LogP contribution < -0.4 is 0 Å². The molecule has 0 saturated carbocycles. The van der Waals surface area contributed by atoms with E-state index in [0.717, 1.165) is 16.4 Å². The fourth-order valence-corrected chi connectivity index (χ4v) is 5.57. The molecule has 20 heavy (non-hydrogen) atoms. The summed E-state index contributed by atoms with van der Waals surface area (Å²) in [6.45, 7) is 11.6. The first-order valence-corrected chi connectivity index (χ1v) is 11.2. The summed E-state index contributed by atoms with van der Waals surface area (Å²) < 4.78 is 0. The molecule has 0 bridgehead atoms. The molecule has 0 aromatic rings. The van der Waals surface area contributed by atoms with E-state index in [4.69, 9.17) is 0 Å². The zero-order valence-electron chi connectivity index (χ0n) is 14.6. The van der Waals surface area contributed by atoms with E-state index in [2.05, 4.69) is 56.2 Å². The third-order valence-electron chi connectivity index (χ3n) is 3.91. The van der Waals surface area contributed by atoms with Gasteiger partial charge in [-0.2, -0.15) is 0 Å². The van der Waals surface area contributed by atoms with Gasteiger partial charge in [0.2, 0.25) is 0 Å². The molecular formula is C18H38S2. The maximum atomic E-state index is 2.39. The molecule has 2 heteroatoms. The quantitative estimate of drug-likeness (QED) is 0.237. The summed E-state index contributed by atoms with van der Waals surface area (Å²) >= 11 is 0. The van der Waals surface area contributed by atoms with Crippen LogP contribution in [0.3, 0.4) is 0 Å². The highest BCUT2D eigenvalue weighted by Crippen LogP contribution is 2.39. The van der Waals surface area contributed by atoms with E-state index in [-0.39, 0.29) is 0 Å². The summed E-state index contributed by atoms with van der Waals surface area (Å²) in [5.41, 5.74) is 0. The summed E-state index contributed by atoms with van der Waals surface area (Å²) in [6, 6.07) is 0. The molecule has 0 heterocycles. The molecule has 0 N–H and O–H groups in total. The van der Waals surface area contributed by atoms with Crippen LogP contribution in [0.1, 0.15) is 98.8 Å². The highest BCUT2D eigenvalue weighted by Gasteiger charge is 2.20. The molecule has 0 aromatic heterocycles. The minimum atomic E-state index is 0.755. The molecule has 0 radical (unpaired) electrons. The topological polar surface area (TPSA) is 0 Å². The van der Waals surface area contributed by atoms with Crippen LogP contribution in [0.5, 0.6) is 0 Å². The molecule has 0 rings (SSSR count). The number of rotatable bonds is 14. The molecule has 0 aliphatic rings. The number of hydrogen-bond donors (Lipinski definition) is 0. The largest absolute Gasteiger partial charge is 0.0910 e. The van der Waals surface area contributed by atoms with E-state index in [1.54, 1.807) is 0 Å². The first-order valence-electron chi connectivity index (χ1n) is 8.97. The van der Waals surface area contributed by atoms with Crippen LogP contribution in [-0.4, -0.2) is 10.5 Å². The van der Waals surface area contributed by atoms with Crippen molar-refractivity contribution < 1.29 is 0 Å². The lowest BCUT2D eigenvalue weighted by Crippen LogP contribution is -2.16. The van der Waals surface area contributed by atoms with Gasteiger partial charge in [-0.25, -0.2) is 0 Å². The van der Waals surface area contributed by atoms with Crippen molar-refractivity contribution in [2.75, 3.05) is 0 Å². The molecule has 0 nitrogen and oxygen atoms in total. The maximum absolute atomic E-state index is 2.39. The van der Waals surface area contributed by atoms with Crippen LogP contribution in [0.25, 0.3) is 0 Å². The fourth-order valence-electron chi connectivity index (χ4n) is 2.67. The first kappa shape index (κ1) is 20.7. The van der Waals surface area contributed by atoms with E-state index in [1.807, 2.05) is 0 Å². The van der Waals surface area contributed by atoms with Gasteiger partial charge in [-0.05, 0) is 25.2 Å². The summed E-state index contributed by atoms with van der Waals surface area (Å²) in [7, 11) is 4.27. The lowest BCUT2D eigenvalue weighted by Gasteiger charge is -2.26. The van der Waals surface area contributed by atoms with Crippen molar-refractivity contribution in [3.8, 4) is 0 Å². The zero-order chi connectivity index (χ0) is 15.2. The molecule has 2 atom stereocenters. The summed E-state index contributed by atoms with van der Waals surface area (Å²) in [4.78, 5) is 0. The van der Waals surface area contributed by atoms with Crippen LogP contribution in [0, 0.1) is 5.92 Å². The molecule has 0 spiro atoms. The average molecular weight is 319 g/mol. The van der Waals surface area contributed by atoms with Gasteiger partial charge in [-0.1, -0.05) is 101 Å². The van der Waals surface area contributed by atoms with Gasteiger partial charge >= 0.3 is 0 Å². The Morgan fingerprint density at radius 2 is 1.25 bits per heavy atom. The van der Waals surface area contributed by atoms with E-state index in [1.165, 1.54) is 64.2 Å². The van der Waals surface area contributed by atoms with E-state index in [0.29, 0.717) is 0 Å². The van der Waals surface area contributed by atoms with Crippen LogP contribution in [0.15, 0.2) is 0 Å². The second-order valence-electron chi connectivity index (χ2n) is 6.29. The van der Waals surface area contributed by atoms with Gasteiger partial charge in [0, 0.05) is 10.5 Å². The number of unbranched alkanes of at least 4 members (excludes halogenated alkanes) is 5. The monoisotopic (exact) mass is 318 g/mol. The highest BCUT2D eigenvalue weighted by atomic mass is 33.1. The first-order chi connectivity index (χ1) is 9.65. The molecule has 0 aliphatic carbocycles. The van der Waals surface area contributed by atoms with E-state index in [9.17, 15) is 0 Å². The summed E-state index contributed by atoms with van der Waals surface area (Å²) in [5, 5.41) is 1.63. The molecule has 2 unspecified atom stereocenters. The van der Waals surface area contributed by atoms with Gasteiger partial charge in [0.05, 0.1) is 0 Å². The van der Waals surface area contributed by atoms with Crippen molar-refractivity contribution in [3.63, 3.8) is 0 Å². The Morgan fingerprint density at radius 1 is 0.700 bits per heavy atom. The van der Waals surface area contributed by atoms with Crippen molar-refractivity contribution in [2.24, 2.45) is 5.92 Å². The molecule has 0 aliphatic heterocycles. The Balaban J connectivity index is 4.20. The maximum Gasteiger partial charge on any atom is 0.0177 e. The van der Waals surface area contributed by atoms with Gasteiger partial charge in [-0.3, -0.25) is 0 Å². The van der Waals surface area contributed by atoms with Crippen molar-refractivity contribution in [2.45, 2.75) is 109 Å². The molecular weight excluding hydrogens is 280 g/mol. The van der Waals surface area contributed by atoms with Crippen LogP contribution in [-0.2, 0) is 0 Å². The third kappa shape index (κ3) is 11.4. The second kappa shape index (κ2) is 14.6. The molecule has 0 fully saturated rings. The summed E-state index contributed by atoms with van der Waals surface area (Å²) in [6.07, 6.45) is 14.2. The van der Waals surface area contributed by atoms with Gasteiger partial charge in [0.25, 0.3) is 0 Å². The Bertz CT molecular complexity index is 192. The van der Waals surface area contributed by atoms with Crippen molar-refractivity contribution >= 4 is 21.6 Å². The van der Waals surface area contributed by atoms with Gasteiger partial charge in [0.1, 0.15) is 0 Å². The van der Waals surface area contributed by atoms with E-state index >= 15 is 0 Å². The SMILES string of the molecule is CCCCCCC(CCCCC)C(CC)SSC(C)C. The lowest BCUT2D eigenvalue weighted by atomic mass is 9.90. The van der Waals surface area contributed by atoms with Gasteiger partial charge in [-0.15, -0.1) is 0 Å². The van der Waals surface area contributed by atoms with Crippen LogP contribution in [0.4, 0.5) is 0 Å². The molecule has 122 valence electrons. The standard InChI is InChI=1S/C18H38S2/c1-6-9-11-13-15-17(14-12-10-7-2)18(8-3)20-19-16(4)5/h16-18H,6-15H2,1-5H3. The summed E-state index contributed by atoms with van der Waals surface area (Å²) in [5.74, 6) is 0.958. The zero-order valence-corrected chi connectivity index (χ0v) is 16.3. The van der Waals surface area contributed by atoms with Crippen molar-refractivity contribution in [1.82, 2.24) is 0 Å². The predicted octanol–water partition coefficient (Wildman–Crippen LogP) is 7.72. The van der Waals surface area contributed by atoms with E-state index < -0.39 is 0 Å². The smallest absolute Gasteiger partial charge is 0.0177 e. The lowest BCUT2D eigenvalue weighted by molar-refractivity contribution is 0.392.